The number of primary amides is 1. The van der Waals surface area contributed by atoms with Crippen molar-refractivity contribution in [2.24, 2.45) is 35.3 Å². The van der Waals surface area contributed by atoms with Crippen LogP contribution < -0.4 is 47.9 Å². The maximum Gasteiger partial charge on any atom is 0.410 e. The first kappa shape index (κ1) is 79.3. The molecule has 8 amide bonds. The number of imidazole rings is 1. The lowest BCUT2D eigenvalue weighted by molar-refractivity contribution is -0.132. The Labute approximate surface area is 614 Å². The third kappa shape index (κ3) is 22.9. The van der Waals surface area contributed by atoms with Crippen molar-refractivity contribution in [1.29, 1.82) is 0 Å². The quantitative estimate of drug-likeness (QED) is 0.0116. The second-order valence-electron chi connectivity index (χ2n) is 26.0. The number of H-pyrrole nitrogens is 1. The van der Waals surface area contributed by atoms with E-state index in [4.69, 9.17) is 52.2 Å². The van der Waals surface area contributed by atoms with E-state index in [9.17, 15) is 52.6 Å². The molecule has 0 radical (unpaired) electrons. The molecule has 10 rings (SSSR count). The summed E-state index contributed by atoms with van der Waals surface area (Å²) >= 11 is 8.44. The van der Waals surface area contributed by atoms with Crippen LogP contribution in [0.2, 0.25) is 0 Å². The number of alkyl carbamates (subject to hydrolysis) is 1. The highest BCUT2D eigenvalue weighted by Gasteiger charge is 2.52. The minimum atomic E-state index is -4.40. The number of amides is 8. The van der Waals surface area contributed by atoms with Crippen molar-refractivity contribution in [1.82, 2.24) is 55.7 Å². The number of fused-ring (bicyclic) bond motifs is 5. The van der Waals surface area contributed by atoms with Gasteiger partial charge in [-0.1, -0.05) is 68.7 Å². The normalized spacial score (nSPS) is 25.4. The van der Waals surface area contributed by atoms with Gasteiger partial charge in [0.15, 0.2) is 17.4 Å². The molecule has 0 spiro atoms. The van der Waals surface area contributed by atoms with Gasteiger partial charge in [0.25, 0.3) is 11.5 Å². The number of ether oxygens (including phenoxy) is 6. The largest absolute Gasteiger partial charge is 0.474 e. The van der Waals surface area contributed by atoms with Gasteiger partial charge in [-0.3, -0.25) is 52.4 Å². The van der Waals surface area contributed by atoms with Crippen LogP contribution in [0.15, 0.2) is 78.2 Å². The third-order valence-corrected chi connectivity index (χ3v) is 21.4. The summed E-state index contributed by atoms with van der Waals surface area (Å²) in [5.74, 6) is 4.38. The number of aliphatic hydroxyl groups is 1. The first-order valence-corrected chi connectivity index (χ1v) is 39.6. The fourth-order valence-electron chi connectivity index (χ4n) is 12.7. The topological polar surface area (TPSA) is 457 Å². The number of benzene rings is 2. The molecule has 4 fully saturated rings. The maximum atomic E-state index is 14.1. The van der Waals surface area contributed by atoms with Gasteiger partial charge in [-0.2, -0.15) is 4.98 Å². The summed E-state index contributed by atoms with van der Waals surface area (Å²) in [4.78, 5) is 126. The van der Waals surface area contributed by atoms with Crippen LogP contribution in [0.4, 0.5) is 26.0 Å². The summed E-state index contributed by atoms with van der Waals surface area (Å²) in [5, 5.41) is 27.6. The van der Waals surface area contributed by atoms with Crippen LogP contribution in [0.5, 0.6) is 5.88 Å². The van der Waals surface area contributed by atoms with Crippen molar-refractivity contribution in [2.45, 2.75) is 134 Å². The van der Waals surface area contributed by atoms with E-state index in [1.54, 1.807) is 62.4 Å². The van der Waals surface area contributed by atoms with Crippen molar-refractivity contribution < 1.29 is 94.3 Å². The molecule has 3 aliphatic carbocycles. The van der Waals surface area contributed by atoms with E-state index in [1.165, 1.54) is 35.1 Å². The van der Waals surface area contributed by atoms with Crippen LogP contribution in [0.25, 0.3) is 11.2 Å². The van der Waals surface area contributed by atoms with Gasteiger partial charge in [0.1, 0.15) is 49.4 Å². The average molecular weight is 1540 g/mol. The van der Waals surface area contributed by atoms with E-state index in [0.29, 0.717) is 41.2 Å². The molecule has 3 aromatic heterocycles. The van der Waals surface area contributed by atoms with Crippen molar-refractivity contribution >= 4 is 103 Å². The number of carbonyl (C=O) groups is 7. The van der Waals surface area contributed by atoms with Crippen LogP contribution >= 0.6 is 38.1 Å². The van der Waals surface area contributed by atoms with Crippen molar-refractivity contribution in [3.05, 3.63) is 100 Å². The summed E-state index contributed by atoms with van der Waals surface area (Å²) in [7, 11) is 1.45. The van der Waals surface area contributed by atoms with Gasteiger partial charge in [0, 0.05) is 81.8 Å². The number of nitrogens with two attached hydrogens (primary N) is 1. The summed E-state index contributed by atoms with van der Waals surface area (Å²) in [6.07, 6.45) is -0.130. The van der Waals surface area contributed by atoms with Crippen molar-refractivity contribution in [3.63, 3.8) is 0 Å². The summed E-state index contributed by atoms with van der Waals surface area (Å²) in [6.45, 7) is -4.96. The summed E-state index contributed by atoms with van der Waals surface area (Å²) < 4.78 is 86.4. The Hall–Kier alpha value is -8.24. The number of urea groups is 1. The molecule has 2 aromatic carbocycles. The fraction of sp³-hybridized carbons (Fsp3) is 0.545. The highest BCUT2D eigenvalue weighted by Crippen LogP contribution is 2.61. The van der Waals surface area contributed by atoms with E-state index in [0.717, 1.165) is 32.0 Å². The highest BCUT2D eigenvalue weighted by molar-refractivity contribution is 8.44. The van der Waals surface area contributed by atoms with E-state index in [1.807, 2.05) is 0 Å². The first-order valence-electron chi connectivity index (χ1n) is 34.2. The monoisotopic (exact) mass is 1540 g/mol. The number of aliphatic hydroxyl groups excluding tert-OH is 1. The Balaban J connectivity index is 0.676. The molecule has 14 atom stereocenters. The summed E-state index contributed by atoms with van der Waals surface area (Å²) in [5.41, 5.74) is 5.28. The van der Waals surface area contributed by atoms with E-state index < -0.39 is 128 Å². The minimum Gasteiger partial charge on any atom is -0.474 e. The number of nitrogens with zero attached hydrogens (tertiary/aromatic N) is 6. The summed E-state index contributed by atoms with van der Waals surface area (Å²) in [6, 6.07) is 11.3. The molecule has 35 nitrogen and oxygen atoms in total. The van der Waals surface area contributed by atoms with Gasteiger partial charge in [-0.05, 0) is 85.1 Å². The number of aromatic nitrogens is 6. The zero-order chi connectivity index (χ0) is 74.8. The molecule has 10 N–H and O–H groups in total. The van der Waals surface area contributed by atoms with Gasteiger partial charge in [0.05, 0.1) is 58.7 Å². The molecule has 5 heterocycles. The van der Waals surface area contributed by atoms with Crippen LogP contribution in [0.1, 0.15) is 99.3 Å². The molecule has 5 aliphatic rings. The van der Waals surface area contributed by atoms with Crippen LogP contribution in [-0.2, 0) is 78.4 Å². The lowest BCUT2D eigenvalue weighted by atomic mass is 10.0. The lowest BCUT2D eigenvalue weighted by Crippen LogP contribution is -2.54. The van der Waals surface area contributed by atoms with Crippen molar-refractivity contribution in [2.75, 3.05) is 77.0 Å². The van der Waals surface area contributed by atoms with E-state index in [-0.39, 0.29) is 120 Å². The number of carbonyl (C=O) groups excluding carboxylic acids is 7. The molecule has 2 saturated carbocycles. The average Bonchev–Trinajstić information content (AvgIpc) is 1.62. The Morgan fingerprint density at radius 1 is 0.848 bits per heavy atom. The highest BCUT2D eigenvalue weighted by atomic mass is 32.7. The molecule has 2 aliphatic heterocycles. The van der Waals surface area contributed by atoms with Crippen LogP contribution in [0.3, 0.4) is 0 Å². The van der Waals surface area contributed by atoms with Gasteiger partial charge < -0.3 is 75.3 Å². The molecular formula is C66H86N14O21P2S2. The van der Waals surface area contributed by atoms with Crippen molar-refractivity contribution in [3.8, 4) is 17.7 Å². The molecule has 5 aromatic rings. The van der Waals surface area contributed by atoms with Gasteiger partial charge in [-0.15, -0.1) is 11.8 Å². The number of anilines is 2. The van der Waals surface area contributed by atoms with E-state index in [2.05, 4.69) is 93.2 Å². The third-order valence-electron chi connectivity index (χ3n) is 18.1. The smallest absolute Gasteiger partial charge is 0.410 e. The molecular weight excluding hydrogens is 1450 g/mol. The molecule has 2 saturated heterocycles. The van der Waals surface area contributed by atoms with E-state index >= 15 is 0 Å². The van der Waals surface area contributed by atoms with Gasteiger partial charge >= 0.3 is 31.8 Å². The second kappa shape index (κ2) is 37.3. The van der Waals surface area contributed by atoms with Gasteiger partial charge in [-0.25, -0.2) is 38.5 Å². The zero-order valence-corrected chi connectivity index (χ0v) is 61.3. The van der Waals surface area contributed by atoms with Crippen LogP contribution in [-0.4, -0.2) is 190 Å². The number of rotatable bonds is 30. The number of nitrogens with one attached hydrogen (secondary N) is 7. The fourth-order valence-corrected chi connectivity index (χ4v) is 15.7. The number of hydrogen-bond acceptors (Lipinski definition) is 25. The van der Waals surface area contributed by atoms with Crippen LogP contribution in [0, 0.1) is 41.4 Å². The molecule has 105 heavy (non-hydrogen) atoms. The maximum absolute atomic E-state index is 14.1. The number of thiol groups is 2. The Bertz CT molecular complexity index is 4080. The number of aromatic amines is 1. The molecule has 568 valence electrons. The van der Waals surface area contributed by atoms with Gasteiger partial charge in [0.2, 0.25) is 29.5 Å². The molecule has 39 heteroatoms. The molecule has 1 unspecified atom stereocenters. The predicted octanol–water partition coefficient (Wildman–Crippen LogP) is 5.54. The zero-order valence-electron chi connectivity index (χ0n) is 57.7. The Kier molecular flexibility index (Phi) is 28.2. The number of hydrogen-bond donors (Lipinski definition) is 11. The predicted molar refractivity (Wildman–Crippen MR) is 381 cm³/mol. The lowest BCUT2D eigenvalue weighted by Gasteiger charge is -2.26. The standard InChI is InChI=1S/C66H86N14O21P2S2/c1-38(2)53(75-51(81)21-25-92-27-28-93-26-24-70-65(88)94-34-47-45-13-6-4-5-7-14-46(45)47)60(85)74-48(15-10-22-69-63(67)87)59(84)73-42-18-16-39(17-19-42)32-95-66(89)79(3)31-40-11-8-9-12-44(40)58(83)77-64-76-57-54(61(86)78-64)72-37-80(57)62-56-55(82)50(99-62)35-97-102(90,104)100-49-30-43(98-52-20-23-68-36-71-52)29-41(49)33-96-103(91,105)101-56/h8-9,11-12,16-20,23,36-38,41,43,45-50,53,55-56,62,82H,6-7,10,13-15,21-22,24-35H2,1-3H3,(H,70,88)(H,73,84)(H,74,85)(H,75,81)(H,90,104)(H,91,105)(H3,67,69,87)(H2,76,77,78,83,86)/t41-,43-,45-,46+,47-,48+,49+,50-,53+,55-,56-,62-,102-,103?/m1/s1. The minimum absolute atomic E-state index is 0.0314. The molecule has 2 bridgehead atoms. The Morgan fingerprint density at radius 2 is 1.58 bits per heavy atom. The SMILES string of the molecule is CC(C)[C@H](NC(=O)CCOCCOCCNC(=O)OC[C@@H]1[C@@H]2CCC#CCC[C@@H]21)C(=O)N[C@@H](CCCNC(N)=O)C(=O)Nc1ccc(COC(=O)N(C)Cc2ccccc2C(=O)Nc2nc3c(ncn3[C@@H]3O[C@@H]4CO[P@@](=O)(S)O[C@H]5C[C@H](Oc6ccncn6)C[C@@H]5COP(=O)(S)O[C@@H]3[C@@H]4O)c(=O)[nH]2)cc1. The first-order chi connectivity index (χ1) is 50.4. The Morgan fingerprint density at radius 3 is 2.31 bits per heavy atom. The second-order valence-corrected chi connectivity index (χ2v) is 31.7.